The molecule has 0 aromatic carbocycles. The van der Waals surface area contributed by atoms with Crippen LogP contribution in [0.2, 0.25) is 0 Å². The molecule has 0 aromatic heterocycles. The van der Waals surface area contributed by atoms with E-state index < -0.39 is 0 Å². The molecule has 0 spiro atoms. The van der Waals surface area contributed by atoms with E-state index in [1.807, 2.05) is 6.92 Å². The van der Waals surface area contributed by atoms with Crippen molar-refractivity contribution >= 4 is 5.91 Å². The van der Waals surface area contributed by atoms with E-state index in [0.717, 1.165) is 12.0 Å². The average Bonchev–Trinajstić information content (AvgIpc) is 2.13. The zero-order valence-electron chi connectivity index (χ0n) is 10.2. The summed E-state index contributed by atoms with van der Waals surface area (Å²) in [4.78, 5) is 11.5. The molecule has 15 heavy (non-hydrogen) atoms. The Labute approximate surface area is 93.1 Å². The van der Waals surface area contributed by atoms with Crippen LogP contribution in [0.25, 0.3) is 0 Å². The minimum atomic E-state index is 0.0779. The molecule has 0 fully saturated rings. The van der Waals surface area contributed by atoms with Crippen LogP contribution in [0.4, 0.5) is 0 Å². The first-order valence-corrected chi connectivity index (χ1v) is 5.56. The van der Waals surface area contributed by atoms with Crippen molar-refractivity contribution in [3.63, 3.8) is 0 Å². The number of hydrogen-bond acceptors (Lipinski definition) is 2. The Hall–Kier alpha value is -0.830. The summed E-state index contributed by atoms with van der Waals surface area (Å²) < 4.78 is 0. The summed E-state index contributed by atoms with van der Waals surface area (Å²) in [5.74, 6) is 0.969. The maximum Gasteiger partial charge on any atom is 0.220 e. The molecule has 3 nitrogen and oxygen atoms in total. The predicted molar refractivity (Wildman–Crippen MR) is 64.4 cm³/mol. The van der Waals surface area contributed by atoms with Crippen molar-refractivity contribution in [1.29, 1.82) is 0 Å². The lowest BCUT2D eigenvalue weighted by Gasteiger charge is -2.16. The van der Waals surface area contributed by atoms with E-state index in [1.165, 1.54) is 0 Å². The Balaban J connectivity index is 3.85. The molecule has 0 aromatic rings. The number of nitrogens with one attached hydrogen (secondary N) is 1. The Kier molecular flexibility index (Phi) is 7.05. The summed E-state index contributed by atoms with van der Waals surface area (Å²) >= 11 is 0. The van der Waals surface area contributed by atoms with E-state index in [1.54, 1.807) is 0 Å². The molecule has 0 unspecified atom stereocenters. The Morgan fingerprint density at radius 2 is 2.07 bits per heavy atom. The van der Waals surface area contributed by atoms with E-state index in [-0.39, 0.29) is 5.91 Å². The van der Waals surface area contributed by atoms with Gasteiger partial charge in [-0.25, -0.2) is 0 Å². The van der Waals surface area contributed by atoms with Crippen LogP contribution >= 0.6 is 0 Å². The van der Waals surface area contributed by atoms with Crippen molar-refractivity contribution in [3.8, 4) is 0 Å². The van der Waals surface area contributed by atoms with E-state index in [0.29, 0.717) is 31.3 Å². The van der Waals surface area contributed by atoms with Gasteiger partial charge in [0, 0.05) is 13.0 Å². The molecular weight excluding hydrogens is 188 g/mol. The lowest BCUT2D eigenvalue weighted by atomic mass is 9.94. The highest BCUT2D eigenvalue weighted by Crippen LogP contribution is 2.13. The van der Waals surface area contributed by atoms with Crippen molar-refractivity contribution in [1.82, 2.24) is 5.32 Å². The maximum atomic E-state index is 11.5. The quantitative estimate of drug-likeness (QED) is 0.631. The molecule has 0 heterocycles. The van der Waals surface area contributed by atoms with Crippen LogP contribution in [0.5, 0.6) is 0 Å². The van der Waals surface area contributed by atoms with Gasteiger partial charge in [-0.05, 0) is 31.7 Å². The smallest absolute Gasteiger partial charge is 0.220 e. The molecule has 0 aliphatic rings. The zero-order chi connectivity index (χ0) is 11.8. The molecule has 3 heteroatoms. The average molecular weight is 212 g/mol. The summed E-state index contributed by atoms with van der Waals surface area (Å²) in [6.45, 7) is 11.1. The number of carbonyl (C=O) groups is 1. The van der Waals surface area contributed by atoms with Crippen molar-refractivity contribution in [2.75, 3.05) is 13.1 Å². The second-order valence-corrected chi connectivity index (χ2v) is 4.67. The largest absolute Gasteiger partial charge is 0.352 e. The third-order valence-electron chi connectivity index (χ3n) is 2.20. The Morgan fingerprint density at radius 3 is 2.47 bits per heavy atom. The number of rotatable bonds is 7. The van der Waals surface area contributed by atoms with Gasteiger partial charge in [0.2, 0.25) is 5.91 Å². The normalized spacial score (nSPS) is 12.6. The lowest BCUT2D eigenvalue weighted by molar-refractivity contribution is -0.121. The molecule has 1 atom stereocenters. The van der Waals surface area contributed by atoms with E-state index >= 15 is 0 Å². The molecule has 0 aliphatic carbocycles. The van der Waals surface area contributed by atoms with Crippen LogP contribution in [-0.2, 0) is 4.79 Å². The Bertz CT molecular complexity index is 212. The molecule has 88 valence electrons. The van der Waals surface area contributed by atoms with Gasteiger partial charge in [0.15, 0.2) is 0 Å². The fourth-order valence-corrected chi connectivity index (χ4v) is 1.51. The molecule has 0 rings (SSSR count). The first-order chi connectivity index (χ1) is 6.95. The standard InChI is InChI=1S/C12H24N2O/c1-9(2)5-11(7-13)6-12(15)14-8-10(3)4/h9,11H,3,5-8,13H2,1-2,4H3,(H,14,15)/t11-/m0/s1. The Morgan fingerprint density at radius 1 is 1.47 bits per heavy atom. The number of hydrogen-bond donors (Lipinski definition) is 2. The van der Waals surface area contributed by atoms with Crippen LogP contribution in [-0.4, -0.2) is 19.0 Å². The highest BCUT2D eigenvalue weighted by atomic mass is 16.1. The summed E-state index contributed by atoms with van der Waals surface area (Å²) in [6, 6.07) is 0. The van der Waals surface area contributed by atoms with Gasteiger partial charge in [0.1, 0.15) is 0 Å². The van der Waals surface area contributed by atoms with Gasteiger partial charge >= 0.3 is 0 Å². The second-order valence-electron chi connectivity index (χ2n) is 4.67. The van der Waals surface area contributed by atoms with Crippen molar-refractivity contribution in [2.24, 2.45) is 17.6 Å². The molecule has 0 saturated carbocycles. The second kappa shape index (κ2) is 7.46. The van der Waals surface area contributed by atoms with E-state index in [9.17, 15) is 4.79 Å². The fraction of sp³-hybridized carbons (Fsp3) is 0.750. The van der Waals surface area contributed by atoms with E-state index in [2.05, 4.69) is 25.7 Å². The monoisotopic (exact) mass is 212 g/mol. The minimum Gasteiger partial charge on any atom is -0.352 e. The van der Waals surface area contributed by atoms with Gasteiger partial charge < -0.3 is 11.1 Å². The highest BCUT2D eigenvalue weighted by molar-refractivity contribution is 5.76. The van der Waals surface area contributed by atoms with Crippen LogP contribution in [0.15, 0.2) is 12.2 Å². The molecule has 0 radical (unpaired) electrons. The zero-order valence-corrected chi connectivity index (χ0v) is 10.2. The third kappa shape index (κ3) is 8.18. The van der Waals surface area contributed by atoms with Gasteiger partial charge in [-0.2, -0.15) is 0 Å². The summed E-state index contributed by atoms with van der Waals surface area (Å²) in [5, 5.41) is 2.83. The van der Waals surface area contributed by atoms with Crippen molar-refractivity contribution in [2.45, 2.75) is 33.6 Å². The molecule has 0 aliphatic heterocycles. The molecule has 0 saturated heterocycles. The van der Waals surface area contributed by atoms with Gasteiger partial charge in [0.25, 0.3) is 0 Å². The summed E-state index contributed by atoms with van der Waals surface area (Å²) in [7, 11) is 0. The number of carbonyl (C=O) groups excluding carboxylic acids is 1. The minimum absolute atomic E-state index is 0.0779. The molecule has 0 bridgehead atoms. The van der Waals surface area contributed by atoms with Crippen LogP contribution in [0.3, 0.4) is 0 Å². The first-order valence-electron chi connectivity index (χ1n) is 5.56. The third-order valence-corrected chi connectivity index (χ3v) is 2.20. The molecular formula is C12H24N2O. The summed E-state index contributed by atoms with van der Waals surface area (Å²) in [6.07, 6.45) is 1.54. The number of nitrogens with two attached hydrogens (primary N) is 1. The van der Waals surface area contributed by atoms with Gasteiger partial charge in [-0.3, -0.25) is 4.79 Å². The van der Waals surface area contributed by atoms with Gasteiger partial charge in [-0.1, -0.05) is 26.0 Å². The SMILES string of the molecule is C=C(C)CNC(=O)C[C@@H](CN)CC(C)C. The fourth-order valence-electron chi connectivity index (χ4n) is 1.51. The van der Waals surface area contributed by atoms with Crippen LogP contribution in [0.1, 0.15) is 33.6 Å². The molecule has 1 amide bonds. The molecule has 3 N–H and O–H groups in total. The lowest BCUT2D eigenvalue weighted by Crippen LogP contribution is -2.29. The maximum absolute atomic E-state index is 11.5. The van der Waals surface area contributed by atoms with Crippen molar-refractivity contribution < 1.29 is 4.79 Å². The summed E-state index contributed by atoms with van der Waals surface area (Å²) in [5.41, 5.74) is 6.60. The highest BCUT2D eigenvalue weighted by Gasteiger charge is 2.13. The first kappa shape index (κ1) is 14.2. The van der Waals surface area contributed by atoms with Gasteiger partial charge in [-0.15, -0.1) is 0 Å². The van der Waals surface area contributed by atoms with Crippen LogP contribution < -0.4 is 11.1 Å². The van der Waals surface area contributed by atoms with Crippen LogP contribution in [0, 0.1) is 11.8 Å². The van der Waals surface area contributed by atoms with Gasteiger partial charge in [0.05, 0.1) is 0 Å². The van der Waals surface area contributed by atoms with Crippen molar-refractivity contribution in [3.05, 3.63) is 12.2 Å². The number of amides is 1. The predicted octanol–water partition coefficient (Wildman–Crippen LogP) is 1.69. The topological polar surface area (TPSA) is 55.1 Å². The van der Waals surface area contributed by atoms with E-state index in [4.69, 9.17) is 5.73 Å².